The number of rotatable bonds is 6. The monoisotopic (exact) mass is 469 g/mol. The second-order valence-electron chi connectivity index (χ2n) is 11.0. The van der Waals surface area contributed by atoms with Crippen LogP contribution in [-0.4, -0.2) is 47.3 Å². The number of ether oxygens (including phenoxy) is 2. The average Bonchev–Trinajstić information content (AvgIpc) is 2.95. The lowest BCUT2D eigenvalue weighted by molar-refractivity contribution is -0.155. The first-order valence-electron chi connectivity index (χ1n) is 11.9. The first-order valence-corrected chi connectivity index (χ1v) is 11.9. The summed E-state index contributed by atoms with van der Waals surface area (Å²) in [5.41, 5.74) is 4.38. The molecule has 0 spiro atoms. The zero-order chi connectivity index (χ0) is 24.4. The van der Waals surface area contributed by atoms with E-state index in [9.17, 15) is 19.2 Å². The molecule has 0 aromatic heterocycles. The fraction of sp³-hybridized carbons (Fsp3) is 0.600. The highest BCUT2D eigenvalue weighted by Crippen LogP contribution is 2.61. The molecule has 1 aromatic carbocycles. The number of nitrogens with one attached hydrogen (secondary N) is 1. The van der Waals surface area contributed by atoms with Crippen LogP contribution in [0.2, 0.25) is 0 Å². The Bertz CT molecular complexity index is 1050. The molecule has 0 radical (unpaired) electrons. The van der Waals surface area contributed by atoms with Gasteiger partial charge in [0.2, 0.25) is 0 Å². The number of nitrogen functional groups attached to an aromatic ring is 1. The van der Waals surface area contributed by atoms with Crippen LogP contribution in [0.1, 0.15) is 52.4 Å². The summed E-state index contributed by atoms with van der Waals surface area (Å²) >= 11 is 0. The molecule has 3 amide bonds. The fourth-order valence-corrected chi connectivity index (χ4v) is 6.99. The van der Waals surface area contributed by atoms with Gasteiger partial charge in [0.05, 0.1) is 12.8 Å². The van der Waals surface area contributed by atoms with Crippen molar-refractivity contribution in [1.82, 2.24) is 4.90 Å². The lowest BCUT2D eigenvalue weighted by Crippen LogP contribution is -2.60. The van der Waals surface area contributed by atoms with Crippen molar-refractivity contribution in [1.29, 1.82) is 0 Å². The van der Waals surface area contributed by atoms with E-state index in [0.717, 1.165) is 24.2 Å². The lowest BCUT2D eigenvalue weighted by atomic mass is 9.48. The molecule has 5 fully saturated rings. The Morgan fingerprint density at radius 2 is 1.71 bits per heavy atom. The molecule has 1 unspecified atom stereocenters. The van der Waals surface area contributed by atoms with Crippen molar-refractivity contribution < 1.29 is 28.7 Å². The molecule has 1 atom stereocenters. The molecule has 1 heterocycles. The fourth-order valence-electron chi connectivity index (χ4n) is 6.99. The van der Waals surface area contributed by atoms with Gasteiger partial charge in [-0.05, 0) is 88.3 Å². The highest BCUT2D eigenvalue weighted by molar-refractivity contribution is 6.19. The maximum atomic E-state index is 14.2. The Morgan fingerprint density at radius 1 is 1.12 bits per heavy atom. The minimum Gasteiger partial charge on any atom is -0.495 e. The predicted molar refractivity (Wildman–Crippen MR) is 123 cm³/mol. The van der Waals surface area contributed by atoms with Crippen LogP contribution in [0.5, 0.6) is 5.75 Å². The summed E-state index contributed by atoms with van der Waals surface area (Å²) in [6.07, 6.45) is 4.45. The standard InChI is InChI=1S/C25H31N3O6/c1-24(2)22(31)28(23(32)34-24)19(21(30)27-17-9-16(26)4-5-18(17)33-3)20(29)25-10-13-6-14(11-25)8-15(7-13)12-25/h4-5,9,13-15,19H,6-8,10-12,26H2,1-3H3,(H,27,30). The molecule has 4 saturated carbocycles. The molecule has 1 saturated heterocycles. The number of benzene rings is 1. The van der Waals surface area contributed by atoms with Crippen LogP contribution in [0.25, 0.3) is 0 Å². The first-order chi connectivity index (χ1) is 16.0. The molecule has 9 nitrogen and oxygen atoms in total. The van der Waals surface area contributed by atoms with Gasteiger partial charge < -0.3 is 20.5 Å². The van der Waals surface area contributed by atoms with E-state index < -0.39 is 35.0 Å². The summed E-state index contributed by atoms with van der Waals surface area (Å²) < 4.78 is 10.6. The molecule has 1 aromatic rings. The SMILES string of the molecule is COc1ccc(N)cc1NC(=O)C(C(=O)C12CC3CC(CC(C3)C1)C2)N1C(=O)OC(C)(C)C1=O. The molecule has 182 valence electrons. The number of cyclic esters (lactones) is 1. The summed E-state index contributed by atoms with van der Waals surface area (Å²) in [4.78, 5) is 54.6. The molecule has 3 N–H and O–H groups in total. The minimum absolute atomic E-state index is 0.259. The maximum absolute atomic E-state index is 14.2. The molecule has 1 aliphatic heterocycles. The molecule has 4 aliphatic carbocycles. The number of imide groups is 1. The second-order valence-corrected chi connectivity index (χ2v) is 11.0. The Morgan fingerprint density at radius 3 is 2.21 bits per heavy atom. The quantitative estimate of drug-likeness (QED) is 0.484. The Balaban J connectivity index is 1.53. The number of hydrogen-bond donors (Lipinski definition) is 2. The van der Waals surface area contributed by atoms with Crippen molar-refractivity contribution in [3.63, 3.8) is 0 Å². The molecule has 34 heavy (non-hydrogen) atoms. The van der Waals surface area contributed by atoms with E-state index in [-0.39, 0.29) is 11.5 Å². The molecular formula is C25H31N3O6. The first kappa shape index (κ1) is 22.7. The van der Waals surface area contributed by atoms with Crippen LogP contribution in [0.4, 0.5) is 16.2 Å². The van der Waals surface area contributed by atoms with Gasteiger partial charge in [0.25, 0.3) is 11.8 Å². The molecular weight excluding hydrogens is 438 g/mol. The maximum Gasteiger partial charge on any atom is 0.418 e. The van der Waals surface area contributed by atoms with Gasteiger partial charge in [-0.25, -0.2) is 9.69 Å². The van der Waals surface area contributed by atoms with Crippen LogP contribution < -0.4 is 15.8 Å². The summed E-state index contributed by atoms with van der Waals surface area (Å²) in [7, 11) is 1.45. The highest BCUT2D eigenvalue weighted by Gasteiger charge is 2.61. The zero-order valence-electron chi connectivity index (χ0n) is 19.8. The van der Waals surface area contributed by atoms with Crippen molar-refractivity contribution in [2.45, 2.75) is 64.0 Å². The van der Waals surface area contributed by atoms with Crippen molar-refractivity contribution in [2.75, 3.05) is 18.2 Å². The van der Waals surface area contributed by atoms with Crippen LogP contribution in [-0.2, 0) is 19.1 Å². The number of methoxy groups -OCH3 is 1. The number of ketones is 1. The second kappa shape index (κ2) is 7.71. The van der Waals surface area contributed by atoms with E-state index in [2.05, 4.69) is 5.32 Å². The Kier molecular flexibility index (Phi) is 5.15. The third-order valence-corrected chi connectivity index (χ3v) is 8.07. The van der Waals surface area contributed by atoms with E-state index in [1.807, 2.05) is 0 Å². The van der Waals surface area contributed by atoms with Crippen molar-refractivity contribution >= 4 is 35.1 Å². The predicted octanol–water partition coefficient (Wildman–Crippen LogP) is 3.13. The van der Waals surface area contributed by atoms with Crippen molar-refractivity contribution in [2.24, 2.45) is 23.2 Å². The van der Waals surface area contributed by atoms with Gasteiger partial charge >= 0.3 is 6.09 Å². The van der Waals surface area contributed by atoms with Gasteiger partial charge in [-0.3, -0.25) is 14.4 Å². The number of nitrogens with zero attached hydrogens (tertiary/aromatic N) is 1. The van der Waals surface area contributed by atoms with Gasteiger partial charge in [0.15, 0.2) is 17.4 Å². The highest BCUT2D eigenvalue weighted by atomic mass is 16.6. The Hall–Kier alpha value is -3.10. The van der Waals surface area contributed by atoms with Crippen LogP contribution >= 0.6 is 0 Å². The zero-order valence-corrected chi connectivity index (χ0v) is 19.8. The smallest absolute Gasteiger partial charge is 0.418 e. The number of carbonyl (C=O) groups excluding carboxylic acids is 4. The van der Waals surface area contributed by atoms with Crippen LogP contribution in [0.15, 0.2) is 18.2 Å². The van der Waals surface area contributed by atoms with E-state index in [1.165, 1.54) is 27.0 Å². The summed E-state index contributed by atoms with van der Waals surface area (Å²) in [6, 6.07) is 3.11. The largest absolute Gasteiger partial charge is 0.495 e. The minimum atomic E-state index is -1.62. The molecule has 5 aliphatic rings. The average molecular weight is 470 g/mol. The van der Waals surface area contributed by atoms with Gasteiger partial charge in [-0.15, -0.1) is 0 Å². The van der Waals surface area contributed by atoms with Gasteiger partial charge in [0.1, 0.15) is 5.75 Å². The van der Waals surface area contributed by atoms with E-state index in [4.69, 9.17) is 15.2 Å². The van der Waals surface area contributed by atoms with Gasteiger partial charge in [0, 0.05) is 11.1 Å². The third kappa shape index (κ3) is 3.52. The number of anilines is 2. The van der Waals surface area contributed by atoms with E-state index in [0.29, 0.717) is 48.5 Å². The number of nitrogens with two attached hydrogens (primary N) is 1. The third-order valence-electron chi connectivity index (χ3n) is 8.07. The number of hydrogen-bond acceptors (Lipinski definition) is 7. The van der Waals surface area contributed by atoms with Crippen LogP contribution in [0.3, 0.4) is 0 Å². The molecule has 4 bridgehead atoms. The number of amides is 3. The summed E-state index contributed by atoms with van der Waals surface area (Å²) in [6.45, 7) is 2.91. The van der Waals surface area contributed by atoms with Gasteiger partial charge in [-0.2, -0.15) is 0 Å². The molecule has 6 rings (SSSR count). The van der Waals surface area contributed by atoms with E-state index in [1.54, 1.807) is 12.1 Å². The summed E-state index contributed by atoms with van der Waals surface area (Å²) in [5, 5.41) is 2.69. The van der Waals surface area contributed by atoms with E-state index >= 15 is 0 Å². The lowest BCUT2D eigenvalue weighted by Gasteiger charge is -2.56. The summed E-state index contributed by atoms with van der Waals surface area (Å²) in [5.74, 6) is -0.140. The number of Topliss-reactive ketones (excluding diaryl/α,β-unsaturated/α-hetero) is 1. The normalized spacial score (nSPS) is 31.9. The van der Waals surface area contributed by atoms with Gasteiger partial charge in [-0.1, -0.05) is 0 Å². The Labute approximate surface area is 198 Å². The topological polar surface area (TPSA) is 128 Å². The molecule has 9 heteroatoms. The van der Waals surface area contributed by atoms with Crippen molar-refractivity contribution in [3.05, 3.63) is 18.2 Å². The van der Waals surface area contributed by atoms with Crippen LogP contribution in [0, 0.1) is 23.2 Å². The number of carbonyl (C=O) groups is 4. The van der Waals surface area contributed by atoms with Crippen molar-refractivity contribution in [3.8, 4) is 5.75 Å².